The van der Waals surface area contributed by atoms with Crippen molar-refractivity contribution < 1.29 is 14.3 Å². The lowest BCUT2D eigenvalue weighted by Gasteiger charge is -2.25. The Labute approximate surface area is 271 Å². The zero-order valence-corrected chi connectivity index (χ0v) is 28.2. The van der Waals surface area contributed by atoms with Crippen molar-refractivity contribution >= 4 is 64.5 Å². The van der Waals surface area contributed by atoms with Gasteiger partial charge in [-0.3, -0.25) is 0 Å². The van der Waals surface area contributed by atoms with Crippen molar-refractivity contribution in [2.75, 3.05) is 36.4 Å². The zero-order chi connectivity index (χ0) is 32.3. The zero-order valence-electron chi connectivity index (χ0n) is 26.6. The Kier molecular flexibility index (Phi) is 9.52. The Balaban J connectivity index is 1.39. The van der Waals surface area contributed by atoms with Crippen LogP contribution in [0.4, 0.5) is 27.7 Å². The number of aryl methyl sites for hydroxylation is 1. The highest BCUT2D eigenvalue weighted by Crippen LogP contribution is 2.39. The second-order valence-electron chi connectivity index (χ2n) is 12.1. The molecule has 0 atom stereocenters. The molecule has 0 fully saturated rings. The van der Waals surface area contributed by atoms with E-state index in [1.165, 1.54) is 0 Å². The third-order valence-corrected chi connectivity index (χ3v) is 8.79. The quantitative estimate of drug-likeness (QED) is 0.147. The fraction of sp³-hybridized carbons (Fsp3) is 0.222. The van der Waals surface area contributed by atoms with Gasteiger partial charge in [0.15, 0.2) is 0 Å². The molecule has 0 aliphatic rings. The molecule has 0 spiro atoms. The SMILES string of the molecule is COc1c(NC(=O)Nc2ccc(Oc3ccnc(Nc4cc(C)cc(Cl)c4)c3)c3ccccc23)cc(C(C)(C)C)cc1P(C)C. The van der Waals surface area contributed by atoms with Gasteiger partial charge in [0.1, 0.15) is 23.1 Å². The van der Waals surface area contributed by atoms with Gasteiger partial charge in [-0.25, -0.2) is 9.78 Å². The number of urea groups is 1. The second-order valence-corrected chi connectivity index (χ2v) is 14.8. The predicted molar refractivity (Wildman–Crippen MR) is 190 cm³/mol. The smallest absolute Gasteiger partial charge is 0.323 e. The van der Waals surface area contributed by atoms with Gasteiger partial charge in [0.05, 0.1) is 18.5 Å². The Morgan fingerprint density at radius 3 is 2.31 bits per heavy atom. The number of fused-ring (bicyclic) bond motifs is 1. The molecule has 0 saturated carbocycles. The van der Waals surface area contributed by atoms with E-state index in [0.29, 0.717) is 39.5 Å². The monoisotopic (exact) mass is 640 g/mol. The van der Waals surface area contributed by atoms with Crippen LogP contribution in [0.3, 0.4) is 0 Å². The summed E-state index contributed by atoms with van der Waals surface area (Å²) in [5.41, 5.74) is 4.23. The van der Waals surface area contributed by atoms with E-state index >= 15 is 0 Å². The maximum atomic E-state index is 13.4. The maximum Gasteiger partial charge on any atom is 0.323 e. The summed E-state index contributed by atoms with van der Waals surface area (Å²) in [4.78, 5) is 17.8. The lowest BCUT2D eigenvalue weighted by Crippen LogP contribution is -2.23. The van der Waals surface area contributed by atoms with Crippen LogP contribution in [0.2, 0.25) is 5.02 Å². The molecule has 7 nitrogen and oxygen atoms in total. The minimum absolute atomic E-state index is 0.0920. The normalized spacial score (nSPS) is 11.4. The summed E-state index contributed by atoms with van der Waals surface area (Å²) >= 11 is 6.23. The van der Waals surface area contributed by atoms with Crippen molar-refractivity contribution in [1.29, 1.82) is 0 Å². The first-order valence-electron chi connectivity index (χ1n) is 14.6. The molecule has 0 unspecified atom stereocenters. The predicted octanol–water partition coefficient (Wildman–Crippen LogP) is 10.0. The average molecular weight is 641 g/mol. The molecular weight excluding hydrogens is 603 g/mol. The summed E-state index contributed by atoms with van der Waals surface area (Å²) in [7, 11) is 1.18. The summed E-state index contributed by atoms with van der Waals surface area (Å²) in [5.74, 6) is 2.58. The van der Waals surface area contributed by atoms with Gasteiger partial charge in [0.2, 0.25) is 0 Å². The van der Waals surface area contributed by atoms with Gasteiger partial charge in [-0.05, 0) is 85.3 Å². The van der Waals surface area contributed by atoms with Crippen LogP contribution in [-0.4, -0.2) is 31.5 Å². The fourth-order valence-corrected chi connectivity index (χ4v) is 6.36. The number of methoxy groups -OCH3 is 1. The van der Waals surface area contributed by atoms with Crippen LogP contribution in [0.25, 0.3) is 10.8 Å². The molecule has 4 aromatic carbocycles. The number of pyridine rings is 1. The van der Waals surface area contributed by atoms with E-state index in [1.807, 2.05) is 73.7 Å². The van der Waals surface area contributed by atoms with Gasteiger partial charge < -0.3 is 25.4 Å². The third kappa shape index (κ3) is 7.67. The van der Waals surface area contributed by atoms with Gasteiger partial charge >= 0.3 is 6.03 Å². The summed E-state index contributed by atoms with van der Waals surface area (Å²) in [6.45, 7) is 12.8. The Bertz CT molecular complexity index is 1850. The topological polar surface area (TPSA) is 84.5 Å². The highest BCUT2D eigenvalue weighted by atomic mass is 35.5. The lowest BCUT2D eigenvalue weighted by molar-refractivity contribution is 0.262. The number of benzene rings is 4. The van der Waals surface area contributed by atoms with E-state index < -0.39 is 7.92 Å². The van der Waals surface area contributed by atoms with E-state index in [1.54, 1.807) is 19.4 Å². The van der Waals surface area contributed by atoms with Crippen molar-refractivity contribution in [1.82, 2.24) is 4.98 Å². The van der Waals surface area contributed by atoms with E-state index in [0.717, 1.165) is 32.9 Å². The first-order valence-corrected chi connectivity index (χ1v) is 17.2. The summed E-state index contributed by atoms with van der Waals surface area (Å²) in [5, 5.41) is 12.8. The van der Waals surface area contributed by atoms with Crippen molar-refractivity contribution in [3.05, 3.63) is 101 Å². The number of anilines is 4. The van der Waals surface area contributed by atoms with Crippen molar-refractivity contribution in [2.45, 2.75) is 33.1 Å². The number of amides is 2. The second kappa shape index (κ2) is 13.4. The van der Waals surface area contributed by atoms with E-state index in [2.05, 4.69) is 61.1 Å². The maximum absolute atomic E-state index is 13.4. The lowest BCUT2D eigenvalue weighted by atomic mass is 9.86. The molecule has 0 radical (unpaired) electrons. The van der Waals surface area contributed by atoms with E-state index in [-0.39, 0.29) is 11.4 Å². The minimum atomic E-state index is -0.465. The Morgan fingerprint density at radius 1 is 0.889 bits per heavy atom. The molecular formula is C36H38ClN4O3P. The molecule has 9 heteroatoms. The molecule has 3 N–H and O–H groups in total. The third-order valence-electron chi connectivity index (χ3n) is 7.28. The highest BCUT2D eigenvalue weighted by Gasteiger charge is 2.22. The number of ether oxygens (including phenoxy) is 2. The van der Waals surface area contributed by atoms with Crippen LogP contribution in [0.5, 0.6) is 17.2 Å². The molecule has 45 heavy (non-hydrogen) atoms. The first kappa shape index (κ1) is 32.1. The highest BCUT2D eigenvalue weighted by molar-refractivity contribution is 7.64. The number of halogens is 1. The molecule has 0 bridgehead atoms. The van der Waals surface area contributed by atoms with Crippen LogP contribution >= 0.6 is 19.5 Å². The van der Waals surface area contributed by atoms with Crippen LogP contribution in [0.1, 0.15) is 31.9 Å². The number of aromatic nitrogens is 1. The minimum Gasteiger partial charge on any atom is -0.494 e. The standard InChI is InChI=1S/C36H38ClN4O3P/c1-22-16-24(37)20-25(17-22)39-33-21-26(14-15-38-33)44-31-13-12-29(27-10-8-9-11-28(27)31)40-35(42)41-30-18-23(36(2,3)4)19-32(45(6)7)34(30)43-5/h8-21H,1-7H3,(H,38,39)(H2,40,41,42). The molecule has 1 heterocycles. The molecule has 0 aliphatic heterocycles. The summed E-state index contributed by atoms with van der Waals surface area (Å²) in [6.07, 6.45) is 1.69. The van der Waals surface area contributed by atoms with Gasteiger partial charge in [-0.1, -0.05) is 64.6 Å². The largest absolute Gasteiger partial charge is 0.494 e. The summed E-state index contributed by atoms with van der Waals surface area (Å²) < 4.78 is 12.1. The van der Waals surface area contributed by atoms with E-state index in [4.69, 9.17) is 21.1 Å². The Morgan fingerprint density at radius 2 is 1.62 bits per heavy atom. The van der Waals surface area contributed by atoms with Crippen molar-refractivity contribution in [3.63, 3.8) is 0 Å². The molecule has 0 aliphatic carbocycles. The van der Waals surface area contributed by atoms with Gasteiger partial charge in [-0.15, -0.1) is 0 Å². The van der Waals surface area contributed by atoms with Crippen LogP contribution < -0.4 is 30.7 Å². The summed E-state index contributed by atoms with van der Waals surface area (Å²) in [6, 6.07) is 24.7. The number of hydrogen-bond donors (Lipinski definition) is 3. The van der Waals surface area contributed by atoms with Crippen LogP contribution in [0.15, 0.2) is 85.1 Å². The van der Waals surface area contributed by atoms with Crippen LogP contribution in [0, 0.1) is 6.92 Å². The molecule has 5 rings (SSSR count). The van der Waals surface area contributed by atoms with Gasteiger partial charge in [0, 0.05) is 39.1 Å². The number of hydrogen-bond acceptors (Lipinski definition) is 5. The number of nitrogens with one attached hydrogen (secondary N) is 3. The first-order chi connectivity index (χ1) is 21.4. The van der Waals surface area contributed by atoms with Crippen molar-refractivity contribution in [2.24, 2.45) is 0 Å². The van der Waals surface area contributed by atoms with E-state index in [9.17, 15) is 4.79 Å². The molecule has 1 aromatic heterocycles. The van der Waals surface area contributed by atoms with Gasteiger partial charge in [0.25, 0.3) is 0 Å². The molecule has 0 saturated heterocycles. The van der Waals surface area contributed by atoms with Gasteiger partial charge in [-0.2, -0.15) is 0 Å². The van der Waals surface area contributed by atoms with Crippen LogP contribution in [-0.2, 0) is 5.41 Å². The molecule has 5 aromatic rings. The number of nitrogens with zero attached hydrogens (tertiary/aromatic N) is 1. The number of rotatable bonds is 8. The van der Waals surface area contributed by atoms with Crippen molar-refractivity contribution in [3.8, 4) is 17.2 Å². The molecule has 232 valence electrons. The fourth-order valence-electron chi connectivity index (χ4n) is 5.06. The number of carbonyl (C=O) groups excluding carboxylic acids is 1. The average Bonchev–Trinajstić information content (AvgIpc) is 2.97. The molecule has 2 amide bonds. The number of carbonyl (C=O) groups is 1. The Hall–Kier alpha value is -4.32.